The van der Waals surface area contributed by atoms with Crippen molar-refractivity contribution in [2.24, 2.45) is 5.92 Å². The van der Waals surface area contributed by atoms with Crippen molar-refractivity contribution in [1.29, 1.82) is 0 Å². The first-order valence-electron chi connectivity index (χ1n) is 6.60. The molecule has 0 amide bonds. The SMILES string of the molecule is CCC1(O)C=CC(C(=O)O)=C(O)C1Cc1ccccc1. The predicted octanol–water partition coefficient (Wildman–Crippen LogP) is 2.45. The average molecular weight is 274 g/mol. The number of carboxylic acid groups (broad SMARTS) is 1. The molecule has 0 fully saturated rings. The second-order valence-corrected chi connectivity index (χ2v) is 5.02. The number of hydrogen-bond donors (Lipinski definition) is 3. The van der Waals surface area contributed by atoms with E-state index in [1.54, 1.807) is 6.92 Å². The van der Waals surface area contributed by atoms with E-state index in [0.29, 0.717) is 12.8 Å². The summed E-state index contributed by atoms with van der Waals surface area (Å²) >= 11 is 0. The monoisotopic (exact) mass is 274 g/mol. The smallest absolute Gasteiger partial charge is 0.339 e. The Bertz CT molecular complexity index is 559. The third-order valence-corrected chi connectivity index (χ3v) is 3.83. The molecule has 0 aromatic heterocycles. The Balaban J connectivity index is 2.39. The van der Waals surface area contributed by atoms with Crippen LogP contribution in [0.15, 0.2) is 53.8 Å². The molecule has 0 saturated carbocycles. The summed E-state index contributed by atoms with van der Waals surface area (Å²) in [5.41, 5.74) is -0.432. The lowest BCUT2D eigenvalue weighted by atomic mass is 9.75. The van der Waals surface area contributed by atoms with Crippen molar-refractivity contribution < 1.29 is 20.1 Å². The maximum atomic E-state index is 11.1. The lowest BCUT2D eigenvalue weighted by Gasteiger charge is -2.35. The lowest BCUT2D eigenvalue weighted by molar-refractivity contribution is -0.132. The summed E-state index contributed by atoms with van der Waals surface area (Å²) in [4.78, 5) is 11.1. The molecule has 0 spiro atoms. The largest absolute Gasteiger partial charge is 0.511 e. The minimum absolute atomic E-state index is 0.149. The Morgan fingerprint density at radius 3 is 2.50 bits per heavy atom. The second kappa shape index (κ2) is 5.51. The molecule has 0 aliphatic heterocycles. The maximum Gasteiger partial charge on any atom is 0.339 e. The van der Waals surface area contributed by atoms with Gasteiger partial charge in [-0.25, -0.2) is 4.79 Å². The van der Waals surface area contributed by atoms with Crippen molar-refractivity contribution in [3.63, 3.8) is 0 Å². The van der Waals surface area contributed by atoms with E-state index in [1.807, 2.05) is 30.3 Å². The molecule has 1 aliphatic carbocycles. The first-order chi connectivity index (χ1) is 9.48. The molecule has 0 bridgehead atoms. The summed E-state index contributed by atoms with van der Waals surface area (Å²) < 4.78 is 0. The Kier molecular flexibility index (Phi) is 3.95. The summed E-state index contributed by atoms with van der Waals surface area (Å²) in [5, 5.41) is 29.9. The Labute approximate surface area is 117 Å². The van der Waals surface area contributed by atoms with E-state index in [2.05, 4.69) is 0 Å². The molecule has 2 atom stereocenters. The fraction of sp³-hybridized carbons (Fsp3) is 0.312. The van der Waals surface area contributed by atoms with Gasteiger partial charge in [-0.3, -0.25) is 0 Å². The van der Waals surface area contributed by atoms with E-state index in [0.717, 1.165) is 5.56 Å². The van der Waals surface area contributed by atoms with Crippen molar-refractivity contribution in [2.75, 3.05) is 0 Å². The molecule has 106 valence electrons. The number of carbonyl (C=O) groups is 1. The molecular weight excluding hydrogens is 256 g/mol. The molecular formula is C16H18O4. The molecule has 1 aliphatic rings. The van der Waals surface area contributed by atoms with Crippen LogP contribution in [-0.4, -0.2) is 26.9 Å². The number of aliphatic carboxylic acids is 1. The van der Waals surface area contributed by atoms with Gasteiger partial charge < -0.3 is 15.3 Å². The number of benzene rings is 1. The van der Waals surface area contributed by atoms with E-state index in [1.165, 1.54) is 12.2 Å². The highest BCUT2D eigenvalue weighted by molar-refractivity contribution is 5.91. The molecule has 0 radical (unpaired) electrons. The van der Waals surface area contributed by atoms with Crippen LogP contribution < -0.4 is 0 Å². The van der Waals surface area contributed by atoms with Gasteiger partial charge in [-0.1, -0.05) is 43.3 Å². The van der Waals surface area contributed by atoms with E-state index in [9.17, 15) is 15.0 Å². The number of rotatable bonds is 4. The average Bonchev–Trinajstić information content (AvgIpc) is 2.44. The molecule has 2 rings (SSSR count). The third kappa shape index (κ3) is 2.60. The van der Waals surface area contributed by atoms with Gasteiger partial charge in [0.2, 0.25) is 0 Å². The van der Waals surface area contributed by atoms with Crippen LogP contribution in [0, 0.1) is 5.92 Å². The van der Waals surface area contributed by atoms with Crippen LogP contribution in [0.3, 0.4) is 0 Å². The van der Waals surface area contributed by atoms with Crippen LogP contribution in [0.4, 0.5) is 0 Å². The number of hydrogen-bond acceptors (Lipinski definition) is 3. The molecule has 3 N–H and O–H groups in total. The molecule has 4 nitrogen and oxygen atoms in total. The van der Waals surface area contributed by atoms with Gasteiger partial charge in [0.25, 0.3) is 0 Å². The summed E-state index contributed by atoms with van der Waals surface area (Å²) in [6.07, 6.45) is 3.54. The Morgan fingerprint density at radius 2 is 1.95 bits per heavy atom. The van der Waals surface area contributed by atoms with Gasteiger partial charge in [0, 0.05) is 0 Å². The van der Waals surface area contributed by atoms with Crippen LogP contribution in [0.1, 0.15) is 18.9 Å². The quantitative estimate of drug-likeness (QED) is 0.788. The van der Waals surface area contributed by atoms with Gasteiger partial charge in [0.05, 0.1) is 17.1 Å². The normalized spacial score (nSPS) is 25.8. The van der Waals surface area contributed by atoms with Gasteiger partial charge in [0.15, 0.2) is 0 Å². The zero-order chi connectivity index (χ0) is 14.8. The summed E-state index contributed by atoms with van der Waals surface area (Å²) in [5.74, 6) is -2.09. The molecule has 1 aromatic rings. The van der Waals surface area contributed by atoms with Crippen LogP contribution in [0.25, 0.3) is 0 Å². The maximum absolute atomic E-state index is 11.1. The van der Waals surface area contributed by atoms with E-state index < -0.39 is 17.5 Å². The van der Waals surface area contributed by atoms with Crippen LogP contribution >= 0.6 is 0 Å². The molecule has 0 heterocycles. The number of aliphatic hydroxyl groups is 2. The highest BCUT2D eigenvalue weighted by Gasteiger charge is 2.40. The van der Waals surface area contributed by atoms with Gasteiger partial charge >= 0.3 is 5.97 Å². The fourth-order valence-corrected chi connectivity index (χ4v) is 2.52. The predicted molar refractivity (Wildman–Crippen MR) is 75.3 cm³/mol. The first kappa shape index (κ1) is 14.3. The Hall–Kier alpha value is -2.07. The van der Waals surface area contributed by atoms with Crippen molar-refractivity contribution in [3.05, 3.63) is 59.4 Å². The van der Waals surface area contributed by atoms with Gasteiger partial charge in [-0.2, -0.15) is 0 Å². The Morgan fingerprint density at radius 1 is 1.30 bits per heavy atom. The molecule has 2 unspecified atom stereocenters. The minimum atomic E-state index is -1.22. The molecule has 4 heteroatoms. The molecule has 0 saturated heterocycles. The van der Waals surface area contributed by atoms with Gasteiger partial charge in [-0.05, 0) is 24.5 Å². The standard InChI is InChI=1S/C16H18O4/c1-2-16(20)9-8-12(15(18)19)14(17)13(16)10-11-6-4-3-5-7-11/h3-9,13,17,20H,2,10H2,1H3,(H,18,19). The van der Waals surface area contributed by atoms with Crippen molar-refractivity contribution in [2.45, 2.75) is 25.4 Å². The van der Waals surface area contributed by atoms with Crippen LogP contribution in [0.2, 0.25) is 0 Å². The topological polar surface area (TPSA) is 77.8 Å². The number of aliphatic hydroxyl groups excluding tert-OH is 1. The summed E-state index contributed by atoms with van der Waals surface area (Å²) in [6.45, 7) is 1.81. The minimum Gasteiger partial charge on any atom is -0.511 e. The lowest BCUT2D eigenvalue weighted by Crippen LogP contribution is -2.40. The zero-order valence-electron chi connectivity index (χ0n) is 11.3. The third-order valence-electron chi connectivity index (χ3n) is 3.83. The van der Waals surface area contributed by atoms with Crippen molar-refractivity contribution >= 4 is 5.97 Å². The van der Waals surface area contributed by atoms with E-state index in [4.69, 9.17) is 5.11 Å². The second-order valence-electron chi connectivity index (χ2n) is 5.02. The zero-order valence-corrected chi connectivity index (χ0v) is 11.3. The van der Waals surface area contributed by atoms with Crippen molar-refractivity contribution in [3.8, 4) is 0 Å². The highest BCUT2D eigenvalue weighted by atomic mass is 16.4. The number of carboxylic acids is 1. The first-order valence-corrected chi connectivity index (χ1v) is 6.60. The van der Waals surface area contributed by atoms with Crippen molar-refractivity contribution in [1.82, 2.24) is 0 Å². The summed E-state index contributed by atoms with van der Waals surface area (Å²) in [7, 11) is 0. The molecule has 1 aromatic carbocycles. The fourth-order valence-electron chi connectivity index (χ4n) is 2.52. The highest BCUT2D eigenvalue weighted by Crippen LogP contribution is 2.36. The van der Waals surface area contributed by atoms with E-state index >= 15 is 0 Å². The van der Waals surface area contributed by atoms with E-state index in [-0.39, 0.29) is 11.3 Å². The van der Waals surface area contributed by atoms with Gasteiger partial charge in [-0.15, -0.1) is 0 Å². The van der Waals surface area contributed by atoms with Crippen LogP contribution in [0.5, 0.6) is 0 Å². The summed E-state index contributed by atoms with van der Waals surface area (Å²) in [6, 6.07) is 9.41. The van der Waals surface area contributed by atoms with Crippen LogP contribution in [-0.2, 0) is 11.2 Å². The molecule has 20 heavy (non-hydrogen) atoms. The van der Waals surface area contributed by atoms with Gasteiger partial charge in [0.1, 0.15) is 5.76 Å².